The zero-order valence-corrected chi connectivity index (χ0v) is 17.7. The second kappa shape index (κ2) is 9.89. The summed E-state index contributed by atoms with van der Waals surface area (Å²) >= 11 is 1.59. The third-order valence-electron chi connectivity index (χ3n) is 5.42. The molecule has 1 saturated heterocycles. The van der Waals surface area contributed by atoms with Gasteiger partial charge in [0, 0.05) is 24.7 Å². The second-order valence-electron chi connectivity index (χ2n) is 6.92. The van der Waals surface area contributed by atoms with Gasteiger partial charge < -0.3 is 15.0 Å². The van der Waals surface area contributed by atoms with Crippen LogP contribution in [0.1, 0.15) is 38.3 Å². The normalized spacial score (nSPS) is 17.7. The highest BCUT2D eigenvalue weighted by Crippen LogP contribution is 2.28. The van der Waals surface area contributed by atoms with Gasteiger partial charge in [-0.15, -0.1) is 11.3 Å². The SMILES string of the molecule is CCN(CC)C(CNC(=O)C1CCCN1c1nccs1)c1cccc(OC)c1. The first-order chi connectivity index (χ1) is 13.7. The Hall–Kier alpha value is -2.12. The molecule has 2 heterocycles. The van der Waals surface area contributed by atoms with Crippen molar-refractivity contribution in [3.05, 3.63) is 41.4 Å². The summed E-state index contributed by atoms with van der Waals surface area (Å²) in [6.45, 7) is 7.61. The van der Waals surface area contributed by atoms with Gasteiger partial charge in [0.1, 0.15) is 11.8 Å². The molecule has 28 heavy (non-hydrogen) atoms. The van der Waals surface area contributed by atoms with E-state index < -0.39 is 0 Å². The van der Waals surface area contributed by atoms with Crippen LogP contribution in [0.2, 0.25) is 0 Å². The molecule has 1 aliphatic rings. The van der Waals surface area contributed by atoms with Crippen LogP contribution >= 0.6 is 11.3 Å². The number of carbonyl (C=O) groups excluding carboxylic acids is 1. The predicted octanol–water partition coefficient (Wildman–Crippen LogP) is 3.32. The van der Waals surface area contributed by atoms with Gasteiger partial charge in [0.05, 0.1) is 13.2 Å². The molecule has 0 radical (unpaired) electrons. The number of hydrogen-bond donors (Lipinski definition) is 1. The van der Waals surface area contributed by atoms with Crippen LogP contribution in [0.15, 0.2) is 35.8 Å². The van der Waals surface area contributed by atoms with Crippen molar-refractivity contribution in [3.63, 3.8) is 0 Å². The molecular weight excluding hydrogens is 372 g/mol. The molecular formula is C21H30N4O2S. The highest BCUT2D eigenvalue weighted by Gasteiger charge is 2.32. The Morgan fingerprint density at radius 2 is 2.25 bits per heavy atom. The van der Waals surface area contributed by atoms with Crippen molar-refractivity contribution in [3.8, 4) is 5.75 Å². The van der Waals surface area contributed by atoms with Gasteiger partial charge in [-0.3, -0.25) is 9.69 Å². The van der Waals surface area contributed by atoms with E-state index in [0.717, 1.165) is 48.9 Å². The number of rotatable bonds is 9. The van der Waals surface area contributed by atoms with E-state index in [2.05, 4.69) is 46.1 Å². The molecule has 0 aliphatic carbocycles. The van der Waals surface area contributed by atoms with Gasteiger partial charge >= 0.3 is 0 Å². The molecule has 1 aliphatic heterocycles. The van der Waals surface area contributed by atoms with Crippen LogP contribution < -0.4 is 15.0 Å². The molecule has 6 nitrogen and oxygen atoms in total. The minimum atomic E-state index is -0.131. The molecule has 3 rings (SSSR count). The molecule has 0 saturated carbocycles. The predicted molar refractivity (Wildman–Crippen MR) is 114 cm³/mol. The lowest BCUT2D eigenvalue weighted by Gasteiger charge is -2.31. The molecule has 2 unspecified atom stereocenters. The molecule has 7 heteroatoms. The quantitative estimate of drug-likeness (QED) is 0.697. The lowest BCUT2D eigenvalue weighted by atomic mass is 10.0. The van der Waals surface area contributed by atoms with Crippen molar-refractivity contribution in [2.45, 2.75) is 38.8 Å². The number of nitrogens with one attached hydrogen (secondary N) is 1. The van der Waals surface area contributed by atoms with Crippen molar-refractivity contribution in [2.24, 2.45) is 0 Å². The van der Waals surface area contributed by atoms with Crippen molar-refractivity contribution >= 4 is 22.4 Å². The molecule has 2 atom stereocenters. The van der Waals surface area contributed by atoms with E-state index in [1.165, 1.54) is 0 Å². The first-order valence-electron chi connectivity index (χ1n) is 9.99. The molecule has 1 amide bonds. The summed E-state index contributed by atoms with van der Waals surface area (Å²) in [7, 11) is 1.68. The van der Waals surface area contributed by atoms with Crippen LogP contribution in [0, 0.1) is 0 Å². The van der Waals surface area contributed by atoms with E-state index >= 15 is 0 Å². The summed E-state index contributed by atoms with van der Waals surface area (Å²) < 4.78 is 5.40. The van der Waals surface area contributed by atoms with Crippen LogP contribution in [0.25, 0.3) is 0 Å². The average Bonchev–Trinajstić information content (AvgIpc) is 3.42. The lowest BCUT2D eigenvalue weighted by molar-refractivity contribution is -0.122. The molecule has 1 N–H and O–H groups in total. The number of carbonyl (C=O) groups is 1. The van der Waals surface area contributed by atoms with E-state index in [4.69, 9.17) is 4.74 Å². The lowest BCUT2D eigenvalue weighted by Crippen LogP contribution is -2.46. The Morgan fingerprint density at radius 1 is 1.43 bits per heavy atom. The maximum Gasteiger partial charge on any atom is 0.242 e. The number of benzene rings is 1. The highest BCUT2D eigenvalue weighted by molar-refractivity contribution is 7.13. The standard InChI is InChI=1S/C21H30N4O2S/c1-4-24(5-2)19(16-8-6-9-17(14-16)27-3)15-23-20(26)18-10-7-12-25(18)21-22-11-13-28-21/h6,8-9,11,13-14,18-19H,4-5,7,10,12,15H2,1-3H3,(H,23,26). The van der Waals surface area contributed by atoms with E-state index in [-0.39, 0.29) is 18.0 Å². The van der Waals surface area contributed by atoms with Crippen LogP contribution in [0.4, 0.5) is 5.13 Å². The number of aromatic nitrogens is 1. The zero-order valence-electron chi connectivity index (χ0n) is 16.9. The summed E-state index contributed by atoms with van der Waals surface area (Å²) in [5.74, 6) is 0.930. The summed E-state index contributed by atoms with van der Waals surface area (Å²) in [5.41, 5.74) is 1.16. The van der Waals surface area contributed by atoms with Gasteiger partial charge in [0.25, 0.3) is 0 Å². The summed E-state index contributed by atoms with van der Waals surface area (Å²) in [4.78, 5) is 21.9. The summed E-state index contributed by atoms with van der Waals surface area (Å²) in [5, 5.41) is 6.11. The van der Waals surface area contributed by atoms with Gasteiger partial charge in [-0.05, 0) is 43.6 Å². The molecule has 2 aromatic rings. The first kappa shape index (κ1) is 20.6. The number of anilines is 1. The molecule has 152 valence electrons. The first-order valence-corrected chi connectivity index (χ1v) is 10.9. The largest absolute Gasteiger partial charge is 0.497 e. The number of thiazole rings is 1. The van der Waals surface area contributed by atoms with Gasteiger partial charge in [-0.1, -0.05) is 26.0 Å². The van der Waals surface area contributed by atoms with E-state index in [9.17, 15) is 4.79 Å². The Kier molecular flexibility index (Phi) is 7.28. The van der Waals surface area contributed by atoms with Crippen LogP contribution in [0.5, 0.6) is 5.75 Å². The molecule has 1 aromatic heterocycles. The number of likely N-dealkylation sites (N-methyl/N-ethyl adjacent to an activating group) is 1. The van der Waals surface area contributed by atoms with Crippen LogP contribution in [-0.2, 0) is 4.79 Å². The number of ether oxygens (including phenoxy) is 1. The van der Waals surface area contributed by atoms with Crippen LogP contribution in [0.3, 0.4) is 0 Å². The van der Waals surface area contributed by atoms with Crippen molar-refractivity contribution in [2.75, 3.05) is 38.2 Å². The van der Waals surface area contributed by atoms with Gasteiger partial charge in [0.15, 0.2) is 5.13 Å². The number of amides is 1. The maximum atomic E-state index is 13.0. The topological polar surface area (TPSA) is 57.7 Å². The third kappa shape index (κ3) is 4.64. The van der Waals surface area contributed by atoms with Gasteiger partial charge in [-0.25, -0.2) is 4.98 Å². The third-order valence-corrected chi connectivity index (χ3v) is 6.23. The average molecular weight is 403 g/mol. The zero-order chi connectivity index (χ0) is 19.9. The van der Waals surface area contributed by atoms with Crippen molar-refractivity contribution in [1.29, 1.82) is 0 Å². The molecule has 1 fully saturated rings. The van der Waals surface area contributed by atoms with Gasteiger partial charge in [0.2, 0.25) is 5.91 Å². The fourth-order valence-electron chi connectivity index (χ4n) is 3.91. The molecule has 0 spiro atoms. The van der Waals surface area contributed by atoms with Crippen molar-refractivity contribution < 1.29 is 9.53 Å². The Bertz CT molecular complexity index is 749. The molecule has 0 bridgehead atoms. The minimum Gasteiger partial charge on any atom is -0.497 e. The fraction of sp³-hybridized carbons (Fsp3) is 0.524. The fourth-order valence-corrected chi connectivity index (χ4v) is 4.63. The van der Waals surface area contributed by atoms with Crippen molar-refractivity contribution in [1.82, 2.24) is 15.2 Å². The Labute approximate surface area is 171 Å². The van der Waals surface area contributed by atoms with E-state index in [1.54, 1.807) is 24.6 Å². The van der Waals surface area contributed by atoms with E-state index in [1.807, 2.05) is 17.5 Å². The number of nitrogens with zero attached hydrogens (tertiary/aromatic N) is 3. The van der Waals surface area contributed by atoms with Gasteiger partial charge in [-0.2, -0.15) is 0 Å². The Balaban J connectivity index is 1.71. The monoisotopic (exact) mass is 402 g/mol. The smallest absolute Gasteiger partial charge is 0.242 e. The molecule has 1 aromatic carbocycles. The number of hydrogen-bond acceptors (Lipinski definition) is 6. The summed E-state index contributed by atoms with van der Waals surface area (Å²) in [6.07, 6.45) is 3.69. The number of methoxy groups -OCH3 is 1. The second-order valence-corrected chi connectivity index (χ2v) is 7.80. The van der Waals surface area contributed by atoms with Crippen LogP contribution in [-0.4, -0.2) is 55.1 Å². The minimum absolute atomic E-state index is 0.0905. The highest BCUT2D eigenvalue weighted by atomic mass is 32.1. The van der Waals surface area contributed by atoms with E-state index in [0.29, 0.717) is 6.54 Å². The maximum absolute atomic E-state index is 13.0. The Morgan fingerprint density at radius 3 is 2.93 bits per heavy atom. The summed E-state index contributed by atoms with van der Waals surface area (Å²) in [6, 6.07) is 8.11.